The van der Waals surface area contributed by atoms with Crippen molar-refractivity contribution in [2.45, 2.75) is 32.4 Å². The quantitative estimate of drug-likeness (QED) is 0.685. The Hall–Kier alpha value is -2.42. The van der Waals surface area contributed by atoms with Crippen LogP contribution < -0.4 is 0 Å². The first-order valence-electron chi connectivity index (χ1n) is 8.20. The molecule has 0 spiro atoms. The van der Waals surface area contributed by atoms with Gasteiger partial charge in [0.05, 0.1) is 17.5 Å². The Morgan fingerprint density at radius 3 is 2.88 bits per heavy atom. The summed E-state index contributed by atoms with van der Waals surface area (Å²) in [4.78, 5) is 4.61. The number of aryl methyl sites for hydroxylation is 3. The fraction of sp³-hybridized carbons (Fsp3) is 0.438. The van der Waals surface area contributed by atoms with Crippen molar-refractivity contribution in [1.29, 1.82) is 0 Å². The third-order valence-corrected chi connectivity index (χ3v) is 6.09. The van der Waals surface area contributed by atoms with E-state index in [1.807, 2.05) is 36.0 Å². The molecule has 3 aromatic heterocycles. The SMILES string of the molecule is Cc1ccc(-c2nc(CCn3cccn3)n([C@H]3CCS(=O)(=O)C3)n2)o1. The predicted molar refractivity (Wildman–Crippen MR) is 90.7 cm³/mol. The van der Waals surface area contributed by atoms with E-state index in [2.05, 4.69) is 15.2 Å². The van der Waals surface area contributed by atoms with Crippen molar-refractivity contribution in [2.24, 2.45) is 0 Å². The van der Waals surface area contributed by atoms with E-state index in [9.17, 15) is 8.42 Å². The molecular formula is C16H19N5O3S. The zero-order valence-electron chi connectivity index (χ0n) is 13.9. The fourth-order valence-corrected chi connectivity index (χ4v) is 4.79. The summed E-state index contributed by atoms with van der Waals surface area (Å²) in [7, 11) is -3.00. The number of hydrogen-bond acceptors (Lipinski definition) is 6. The van der Waals surface area contributed by atoms with E-state index in [0.717, 1.165) is 11.6 Å². The van der Waals surface area contributed by atoms with Crippen LogP contribution in [0.15, 0.2) is 35.0 Å². The number of nitrogens with zero attached hydrogens (tertiary/aromatic N) is 5. The van der Waals surface area contributed by atoms with Crippen LogP contribution >= 0.6 is 0 Å². The lowest BCUT2D eigenvalue weighted by Crippen LogP contribution is -2.17. The van der Waals surface area contributed by atoms with Crippen molar-refractivity contribution in [1.82, 2.24) is 24.5 Å². The standard InChI is InChI=1S/C16H19N5O3S/c1-12-3-4-14(24-12)16-18-15(5-9-20-8-2-7-17-20)21(19-16)13-6-10-25(22,23)11-13/h2-4,7-8,13H,5-6,9-11H2,1H3/t13-/m0/s1. The number of sulfone groups is 1. The molecule has 0 bridgehead atoms. The van der Waals surface area contributed by atoms with Crippen molar-refractivity contribution in [2.75, 3.05) is 11.5 Å². The highest BCUT2D eigenvalue weighted by molar-refractivity contribution is 7.91. The van der Waals surface area contributed by atoms with E-state index >= 15 is 0 Å². The highest BCUT2D eigenvalue weighted by Gasteiger charge is 2.32. The summed E-state index contributed by atoms with van der Waals surface area (Å²) in [6.45, 7) is 2.52. The van der Waals surface area contributed by atoms with Crippen molar-refractivity contribution in [3.8, 4) is 11.6 Å². The zero-order chi connectivity index (χ0) is 17.4. The van der Waals surface area contributed by atoms with Crippen LogP contribution in [-0.2, 0) is 22.8 Å². The van der Waals surface area contributed by atoms with E-state index in [-0.39, 0.29) is 17.5 Å². The molecule has 132 valence electrons. The lowest BCUT2D eigenvalue weighted by molar-refractivity contribution is 0.464. The molecule has 1 atom stereocenters. The molecule has 1 aliphatic rings. The fourth-order valence-electron chi connectivity index (χ4n) is 3.09. The molecule has 0 radical (unpaired) electrons. The Morgan fingerprint density at radius 2 is 2.24 bits per heavy atom. The second kappa shape index (κ2) is 6.14. The largest absolute Gasteiger partial charge is 0.458 e. The molecule has 1 aliphatic heterocycles. The van der Waals surface area contributed by atoms with Crippen molar-refractivity contribution in [3.05, 3.63) is 42.2 Å². The summed E-state index contributed by atoms with van der Waals surface area (Å²) in [5.74, 6) is 2.94. The minimum atomic E-state index is -3.00. The van der Waals surface area contributed by atoms with Crippen LogP contribution in [0.3, 0.4) is 0 Å². The summed E-state index contributed by atoms with van der Waals surface area (Å²) in [5.41, 5.74) is 0. The Labute approximate surface area is 145 Å². The summed E-state index contributed by atoms with van der Waals surface area (Å²) < 4.78 is 32.9. The van der Waals surface area contributed by atoms with Crippen LogP contribution in [0, 0.1) is 6.92 Å². The van der Waals surface area contributed by atoms with E-state index in [4.69, 9.17) is 4.42 Å². The maximum Gasteiger partial charge on any atom is 0.217 e. The first kappa shape index (κ1) is 16.1. The first-order valence-corrected chi connectivity index (χ1v) is 10.0. The van der Waals surface area contributed by atoms with E-state index < -0.39 is 9.84 Å². The van der Waals surface area contributed by atoms with Crippen LogP contribution in [0.4, 0.5) is 0 Å². The van der Waals surface area contributed by atoms with Gasteiger partial charge in [0, 0.05) is 25.4 Å². The van der Waals surface area contributed by atoms with Crippen molar-refractivity contribution >= 4 is 9.84 Å². The van der Waals surface area contributed by atoms with Crippen LogP contribution in [0.2, 0.25) is 0 Å². The maximum absolute atomic E-state index is 11.9. The van der Waals surface area contributed by atoms with Gasteiger partial charge in [-0.25, -0.2) is 18.1 Å². The molecule has 3 aromatic rings. The molecule has 1 fully saturated rings. The minimum Gasteiger partial charge on any atom is -0.458 e. The Morgan fingerprint density at radius 1 is 1.36 bits per heavy atom. The molecule has 0 unspecified atom stereocenters. The van der Waals surface area contributed by atoms with Gasteiger partial charge in [0.25, 0.3) is 0 Å². The van der Waals surface area contributed by atoms with Gasteiger partial charge in [-0.05, 0) is 31.5 Å². The third-order valence-electron chi connectivity index (χ3n) is 4.34. The molecule has 9 heteroatoms. The van der Waals surface area contributed by atoms with Crippen molar-refractivity contribution < 1.29 is 12.8 Å². The average Bonchev–Trinajstić information content (AvgIpc) is 3.31. The Balaban J connectivity index is 1.65. The van der Waals surface area contributed by atoms with Gasteiger partial charge in [-0.3, -0.25) is 4.68 Å². The summed E-state index contributed by atoms with van der Waals surface area (Å²) in [6, 6.07) is 5.39. The topological polar surface area (TPSA) is 95.8 Å². The molecular weight excluding hydrogens is 342 g/mol. The summed E-state index contributed by atoms with van der Waals surface area (Å²) in [6.07, 6.45) is 4.80. The van der Waals surface area contributed by atoms with Crippen LogP contribution in [0.25, 0.3) is 11.6 Å². The molecule has 4 heterocycles. The van der Waals surface area contributed by atoms with E-state index in [1.54, 1.807) is 10.9 Å². The minimum absolute atomic E-state index is 0.113. The van der Waals surface area contributed by atoms with Gasteiger partial charge in [0.1, 0.15) is 11.6 Å². The second-order valence-corrected chi connectivity index (χ2v) is 8.51. The highest BCUT2D eigenvalue weighted by Crippen LogP contribution is 2.27. The average molecular weight is 361 g/mol. The second-order valence-electron chi connectivity index (χ2n) is 6.28. The maximum atomic E-state index is 11.9. The van der Waals surface area contributed by atoms with Gasteiger partial charge in [-0.2, -0.15) is 5.10 Å². The van der Waals surface area contributed by atoms with Gasteiger partial charge in [0.2, 0.25) is 5.82 Å². The smallest absolute Gasteiger partial charge is 0.217 e. The first-order chi connectivity index (χ1) is 12.0. The number of rotatable bonds is 5. The van der Waals surface area contributed by atoms with Crippen LogP contribution in [-0.4, -0.2) is 44.5 Å². The number of aromatic nitrogens is 5. The van der Waals surface area contributed by atoms with Crippen LogP contribution in [0.5, 0.6) is 0 Å². The van der Waals surface area contributed by atoms with Crippen LogP contribution in [0.1, 0.15) is 24.0 Å². The molecule has 8 nitrogen and oxygen atoms in total. The molecule has 0 N–H and O–H groups in total. The Kier molecular flexibility index (Phi) is 3.95. The van der Waals surface area contributed by atoms with Gasteiger partial charge < -0.3 is 4.42 Å². The lowest BCUT2D eigenvalue weighted by Gasteiger charge is -2.11. The molecule has 1 saturated heterocycles. The molecule has 0 amide bonds. The normalized spacial score (nSPS) is 19.5. The van der Waals surface area contributed by atoms with Gasteiger partial charge >= 0.3 is 0 Å². The van der Waals surface area contributed by atoms with E-state index in [1.165, 1.54) is 0 Å². The molecule has 4 rings (SSSR count). The van der Waals surface area contributed by atoms with Crippen molar-refractivity contribution in [3.63, 3.8) is 0 Å². The summed E-state index contributed by atoms with van der Waals surface area (Å²) in [5, 5.41) is 8.75. The lowest BCUT2D eigenvalue weighted by atomic mass is 10.2. The predicted octanol–water partition coefficient (Wildman–Crippen LogP) is 1.65. The van der Waals surface area contributed by atoms with E-state index in [0.29, 0.717) is 31.0 Å². The zero-order valence-corrected chi connectivity index (χ0v) is 14.7. The molecule has 25 heavy (non-hydrogen) atoms. The molecule has 0 aliphatic carbocycles. The monoisotopic (exact) mass is 361 g/mol. The Bertz CT molecular complexity index is 972. The van der Waals surface area contributed by atoms with Gasteiger partial charge in [0.15, 0.2) is 15.6 Å². The molecule has 0 saturated carbocycles. The number of furan rings is 1. The molecule has 0 aromatic carbocycles. The number of hydrogen-bond donors (Lipinski definition) is 0. The van der Waals surface area contributed by atoms with Gasteiger partial charge in [-0.1, -0.05) is 0 Å². The summed E-state index contributed by atoms with van der Waals surface area (Å²) >= 11 is 0. The van der Waals surface area contributed by atoms with Gasteiger partial charge in [-0.15, -0.1) is 5.10 Å². The third kappa shape index (κ3) is 3.37. The highest BCUT2D eigenvalue weighted by atomic mass is 32.2.